The molecule has 36 heavy (non-hydrogen) atoms. The predicted octanol–water partition coefficient (Wildman–Crippen LogP) is 3.91. The number of amides is 1. The van der Waals surface area contributed by atoms with Gasteiger partial charge in [0.2, 0.25) is 0 Å². The largest absolute Gasteiger partial charge is 0.489 e. The highest BCUT2D eigenvalue weighted by atomic mass is 19.4. The standard InChI is InChI=1S/C24H24F3N5O4/c1-3-17-20-15(11-18(29-17)32-7-8-34-12-19(32)33)22-28-13(2)14-5-4-6-16(24(25,26)27)21(14)35-9-10-36-23(30-20)31-22/h4-6,11,13H,3,7-10,12H2,1-2H3,(H,28,30,31)/t13-/m1/s1. The number of benzene rings is 1. The number of nitrogens with one attached hydrogen (secondary N) is 1. The van der Waals surface area contributed by atoms with E-state index in [1.54, 1.807) is 24.0 Å². The molecule has 12 heteroatoms. The van der Waals surface area contributed by atoms with Gasteiger partial charge in [0.1, 0.15) is 42.7 Å². The highest BCUT2D eigenvalue weighted by Crippen LogP contribution is 2.41. The lowest BCUT2D eigenvalue weighted by Crippen LogP contribution is -2.42. The molecule has 0 radical (unpaired) electrons. The Labute approximate surface area is 204 Å². The number of aryl methyl sites for hydroxylation is 1. The Bertz CT molecular complexity index is 1320. The number of hydrogen-bond donors (Lipinski definition) is 1. The van der Waals surface area contributed by atoms with Crippen LogP contribution in [0.4, 0.5) is 24.8 Å². The maximum Gasteiger partial charge on any atom is 0.419 e. The topological polar surface area (TPSA) is 98.7 Å². The molecule has 3 aromatic rings. The molecular weight excluding hydrogens is 479 g/mol. The smallest absolute Gasteiger partial charge is 0.419 e. The van der Waals surface area contributed by atoms with E-state index in [-0.39, 0.29) is 37.5 Å². The fourth-order valence-corrected chi connectivity index (χ4v) is 4.32. The Kier molecular flexibility index (Phi) is 6.29. The van der Waals surface area contributed by atoms with Gasteiger partial charge < -0.3 is 19.5 Å². The lowest BCUT2D eigenvalue weighted by atomic mass is 10.0. The van der Waals surface area contributed by atoms with Gasteiger partial charge in [0, 0.05) is 10.9 Å². The van der Waals surface area contributed by atoms with Crippen LogP contribution in [-0.2, 0) is 22.1 Å². The van der Waals surface area contributed by atoms with Crippen LogP contribution >= 0.6 is 0 Å². The fourth-order valence-electron chi connectivity index (χ4n) is 4.32. The third kappa shape index (κ3) is 4.48. The highest BCUT2D eigenvalue weighted by Gasteiger charge is 2.36. The summed E-state index contributed by atoms with van der Waals surface area (Å²) in [6.45, 7) is 4.17. The summed E-state index contributed by atoms with van der Waals surface area (Å²) in [5.74, 6) is 0.326. The van der Waals surface area contributed by atoms with Crippen LogP contribution in [0.15, 0.2) is 24.3 Å². The summed E-state index contributed by atoms with van der Waals surface area (Å²) in [6.07, 6.45) is -4.06. The summed E-state index contributed by atoms with van der Waals surface area (Å²) in [4.78, 5) is 27.7. The lowest BCUT2D eigenvalue weighted by Gasteiger charge is -2.27. The molecule has 2 aromatic heterocycles. The van der Waals surface area contributed by atoms with E-state index in [1.165, 1.54) is 6.07 Å². The number of ether oxygens (including phenoxy) is 3. The van der Waals surface area contributed by atoms with Crippen molar-refractivity contribution in [3.8, 4) is 11.8 Å². The molecule has 1 atom stereocenters. The number of aromatic nitrogens is 3. The number of anilines is 2. The quantitative estimate of drug-likeness (QED) is 0.562. The van der Waals surface area contributed by atoms with E-state index >= 15 is 0 Å². The van der Waals surface area contributed by atoms with Crippen molar-refractivity contribution < 1.29 is 32.2 Å². The molecule has 1 N–H and O–H groups in total. The molecule has 0 aliphatic carbocycles. The van der Waals surface area contributed by atoms with E-state index in [0.29, 0.717) is 53.4 Å². The number of morpholine rings is 1. The van der Waals surface area contributed by atoms with Crippen molar-refractivity contribution in [2.75, 3.05) is 43.2 Å². The van der Waals surface area contributed by atoms with Crippen LogP contribution in [0.3, 0.4) is 0 Å². The van der Waals surface area contributed by atoms with Gasteiger partial charge in [-0.25, -0.2) is 4.98 Å². The second-order valence-corrected chi connectivity index (χ2v) is 8.41. The lowest BCUT2D eigenvalue weighted by molar-refractivity contribution is -0.139. The Hall–Kier alpha value is -3.67. The van der Waals surface area contributed by atoms with Gasteiger partial charge in [-0.15, -0.1) is 0 Å². The van der Waals surface area contributed by atoms with E-state index in [1.807, 2.05) is 6.92 Å². The second kappa shape index (κ2) is 9.41. The van der Waals surface area contributed by atoms with Gasteiger partial charge in [0.25, 0.3) is 5.91 Å². The number of rotatable bonds is 2. The molecule has 0 unspecified atom stereocenters. The number of nitrogens with zero attached hydrogens (tertiary/aromatic N) is 4. The molecule has 1 aromatic carbocycles. The van der Waals surface area contributed by atoms with Crippen LogP contribution in [0.2, 0.25) is 0 Å². The number of carbonyl (C=O) groups excluding carboxylic acids is 1. The van der Waals surface area contributed by atoms with Crippen molar-refractivity contribution in [2.45, 2.75) is 32.5 Å². The van der Waals surface area contributed by atoms with Gasteiger partial charge >= 0.3 is 12.2 Å². The molecular formula is C24H24F3N5O4. The second-order valence-electron chi connectivity index (χ2n) is 8.41. The first-order chi connectivity index (χ1) is 17.3. The highest BCUT2D eigenvalue weighted by molar-refractivity contribution is 5.98. The summed E-state index contributed by atoms with van der Waals surface area (Å²) in [5, 5.41) is 3.79. The molecule has 1 amide bonds. The average molecular weight is 503 g/mol. The van der Waals surface area contributed by atoms with Gasteiger partial charge in [-0.05, 0) is 25.5 Å². The minimum Gasteiger partial charge on any atom is -0.489 e. The SMILES string of the molecule is CCc1nc(N2CCOCC2=O)cc2c3nc(nc12)OCCOc1c(cccc1C(F)(F)F)[C@@H](C)N3. The monoisotopic (exact) mass is 503 g/mol. The molecule has 2 aliphatic rings. The van der Waals surface area contributed by atoms with Crippen molar-refractivity contribution in [1.82, 2.24) is 15.0 Å². The molecule has 2 aliphatic heterocycles. The number of carbonyl (C=O) groups is 1. The number of hydrogen-bond acceptors (Lipinski definition) is 8. The van der Waals surface area contributed by atoms with Crippen molar-refractivity contribution in [1.29, 1.82) is 0 Å². The summed E-state index contributed by atoms with van der Waals surface area (Å²) >= 11 is 0. The zero-order chi connectivity index (χ0) is 25.4. The van der Waals surface area contributed by atoms with Gasteiger partial charge in [-0.3, -0.25) is 9.69 Å². The molecule has 1 saturated heterocycles. The van der Waals surface area contributed by atoms with Crippen molar-refractivity contribution >= 4 is 28.4 Å². The molecule has 1 fully saturated rings. The summed E-state index contributed by atoms with van der Waals surface area (Å²) < 4.78 is 57.6. The first-order valence-electron chi connectivity index (χ1n) is 11.6. The molecule has 5 rings (SSSR count). The van der Waals surface area contributed by atoms with E-state index in [2.05, 4.69) is 20.3 Å². The Morgan fingerprint density at radius 3 is 2.69 bits per heavy atom. The number of para-hydroxylation sites is 1. The zero-order valence-electron chi connectivity index (χ0n) is 19.7. The number of pyridine rings is 1. The first kappa shape index (κ1) is 24.0. The van der Waals surface area contributed by atoms with Gasteiger partial charge in [0.05, 0.1) is 30.5 Å². The van der Waals surface area contributed by atoms with Crippen LogP contribution < -0.4 is 19.7 Å². The van der Waals surface area contributed by atoms with Crippen molar-refractivity contribution in [3.05, 3.63) is 41.1 Å². The molecule has 9 nitrogen and oxygen atoms in total. The van der Waals surface area contributed by atoms with Gasteiger partial charge in [-0.1, -0.05) is 19.1 Å². The maximum atomic E-state index is 13.7. The van der Waals surface area contributed by atoms with Gasteiger partial charge in [-0.2, -0.15) is 23.1 Å². The third-order valence-electron chi connectivity index (χ3n) is 6.05. The molecule has 190 valence electrons. The van der Waals surface area contributed by atoms with Crippen molar-refractivity contribution in [2.24, 2.45) is 0 Å². The number of halogens is 3. The summed E-state index contributed by atoms with van der Waals surface area (Å²) in [7, 11) is 0. The van der Waals surface area contributed by atoms with E-state index in [0.717, 1.165) is 6.07 Å². The third-order valence-corrected chi connectivity index (χ3v) is 6.05. The van der Waals surface area contributed by atoms with Crippen LogP contribution in [0, 0.1) is 0 Å². The number of fused-ring (bicyclic) bond motifs is 5. The van der Waals surface area contributed by atoms with Crippen LogP contribution in [0.5, 0.6) is 11.8 Å². The Balaban J connectivity index is 1.65. The van der Waals surface area contributed by atoms with Crippen LogP contribution in [0.1, 0.15) is 36.7 Å². The minimum absolute atomic E-state index is 0.0368. The molecule has 2 bridgehead atoms. The van der Waals surface area contributed by atoms with Gasteiger partial charge in [0.15, 0.2) is 0 Å². The Morgan fingerprint density at radius 1 is 1.14 bits per heavy atom. The number of alkyl halides is 3. The predicted molar refractivity (Wildman–Crippen MR) is 124 cm³/mol. The first-order valence-corrected chi connectivity index (χ1v) is 11.6. The zero-order valence-corrected chi connectivity index (χ0v) is 19.7. The molecule has 0 saturated carbocycles. The maximum absolute atomic E-state index is 13.7. The summed E-state index contributed by atoms with van der Waals surface area (Å²) in [6, 6.07) is 5.07. The fraction of sp³-hybridized carbons (Fsp3) is 0.417. The Morgan fingerprint density at radius 2 is 1.94 bits per heavy atom. The van der Waals surface area contributed by atoms with Crippen LogP contribution in [-0.4, -0.2) is 53.8 Å². The van der Waals surface area contributed by atoms with E-state index < -0.39 is 17.8 Å². The van der Waals surface area contributed by atoms with Crippen LogP contribution in [0.25, 0.3) is 10.9 Å². The average Bonchev–Trinajstić information content (AvgIpc) is 2.87. The van der Waals surface area contributed by atoms with Crippen molar-refractivity contribution in [3.63, 3.8) is 0 Å². The molecule has 4 heterocycles. The summed E-state index contributed by atoms with van der Waals surface area (Å²) in [5.41, 5.74) is 0.635. The molecule has 0 spiro atoms. The normalized spacial score (nSPS) is 18.5. The van der Waals surface area contributed by atoms with E-state index in [9.17, 15) is 18.0 Å². The minimum atomic E-state index is -4.59. The van der Waals surface area contributed by atoms with E-state index in [4.69, 9.17) is 14.2 Å².